The first kappa shape index (κ1) is 29.3. The van der Waals surface area contributed by atoms with Gasteiger partial charge in [-0.3, -0.25) is 14.3 Å². The molecule has 0 saturated carbocycles. The zero-order valence-corrected chi connectivity index (χ0v) is 20.0. The predicted octanol–water partition coefficient (Wildman–Crippen LogP) is 3.13. The molecule has 3 N–H and O–H groups in total. The Morgan fingerprint density at radius 1 is 1.16 bits per heavy atom. The van der Waals surface area contributed by atoms with Gasteiger partial charge in [-0.25, -0.2) is 0 Å². The molecule has 0 aliphatic carbocycles. The maximum Gasteiger partial charge on any atom is 0.400 e. The number of rotatable bonds is 10. The summed E-state index contributed by atoms with van der Waals surface area (Å²) in [5.74, 6) is -6.67. The molecule has 2 aromatic rings. The lowest BCUT2D eigenvalue weighted by molar-refractivity contribution is -0.287. The van der Waals surface area contributed by atoms with Crippen LogP contribution >= 0.6 is 11.6 Å². The highest BCUT2D eigenvalue weighted by Gasteiger charge is 2.58. The number of aliphatic hydroxyl groups is 2. The van der Waals surface area contributed by atoms with E-state index in [1.54, 1.807) is 12.1 Å². The lowest BCUT2D eigenvalue weighted by Gasteiger charge is -2.31. The van der Waals surface area contributed by atoms with Crippen molar-refractivity contribution in [1.29, 1.82) is 0 Å². The molecule has 2 amide bonds. The molecule has 0 saturated heterocycles. The molecule has 1 aliphatic rings. The second kappa shape index (κ2) is 11.6. The summed E-state index contributed by atoms with van der Waals surface area (Å²) in [7, 11) is 0. The molecule has 1 aromatic carbocycles. The molecule has 0 bridgehead atoms. The molecule has 3 rings (SSSR count). The number of benzene rings is 1. The molecule has 0 fully saturated rings. The van der Waals surface area contributed by atoms with Crippen molar-refractivity contribution in [2.45, 2.75) is 37.5 Å². The molecular formula is C22H21ClF6N4O5. The monoisotopic (exact) mass is 570 g/mol. The average Bonchev–Trinajstić information content (AvgIpc) is 3.39. The van der Waals surface area contributed by atoms with E-state index in [0.29, 0.717) is 4.90 Å². The van der Waals surface area contributed by atoms with Crippen LogP contribution in [0.4, 0.5) is 32.2 Å². The second-order valence-electron chi connectivity index (χ2n) is 8.25. The van der Waals surface area contributed by atoms with Gasteiger partial charge in [-0.1, -0.05) is 23.7 Å². The number of hydrogen-bond donors (Lipinski definition) is 3. The van der Waals surface area contributed by atoms with Crippen LogP contribution in [0.3, 0.4) is 0 Å². The van der Waals surface area contributed by atoms with Crippen LogP contribution < -0.4 is 10.1 Å². The number of anilines is 1. The third-order valence-electron chi connectivity index (χ3n) is 5.40. The van der Waals surface area contributed by atoms with Crippen molar-refractivity contribution in [3.8, 4) is 5.75 Å². The van der Waals surface area contributed by atoms with Crippen LogP contribution in [0.15, 0.2) is 48.4 Å². The highest BCUT2D eigenvalue weighted by molar-refractivity contribution is 6.32. The average molecular weight is 571 g/mol. The summed E-state index contributed by atoms with van der Waals surface area (Å²) in [6.07, 6.45) is -12.5. The summed E-state index contributed by atoms with van der Waals surface area (Å²) in [5, 5.41) is 24.5. The quantitative estimate of drug-likeness (QED) is 0.378. The number of nitrogens with zero attached hydrogens (tertiary/aromatic N) is 3. The van der Waals surface area contributed by atoms with Crippen LogP contribution in [0.5, 0.6) is 5.75 Å². The molecule has 1 unspecified atom stereocenters. The maximum atomic E-state index is 13.4. The number of aromatic nitrogens is 2. The number of halogens is 7. The van der Waals surface area contributed by atoms with E-state index in [1.165, 1.54) is 24.4 Å². The number of amides is 2. The number of para-hydroxylation sites is 1. The first-order valence-electron chi connectivity index (χ1n) is 10.9. The third kappa shape index (κ3) is 7.39. The van der Waals surface area contributed by atoms with Crippen molar-refractivity contribution in [2.24, 2.45) is 5.92 Å². The summed E-state index contributed by atoms with van der Waals surface area (Å²) >= 11 is 5.99. The van der Waals surface area contributed by atoms with Crippen LogP contribution in [-0.2, 0) is 16.1 Å². The number of carbonyl (C=O) groups is 2. The van der Waals surface area contributed by atoms with Crippen LogP contribution in [0, 0.1) is 5.92 Å². The zero-order valence-electron chi connectivity index (χ0n) is 19.2. The minimum atomic E-state index is -5.76. The van der Waals surface area contributed by atoms with Crippen LogP contribution in [-0.4, -0.2) is 74.4 Å². The Morgan fingerprint density at radius 2 is 1.82 bits per heavy atom. The zero-order chi connectivity index (χ0) is 28.3. The molecule has 16 heteroatoms. The molecule has 1 aromatic heterocycles. The fourth-order valence-electron chi connectivity index (χ4n) is 3.57. The number of hydrogen-bond acceptors (Lipinski definition) is 6. The van der Waals surface area contributed by atoms with Crippen LogP contribution in [0.25, 0.3) is 0 Å². The predicted molar refractivity (Wildman–Crippen MR) is 120 cm³/mol. The van der Waals surface area contributed by atoms with Crippen LogP contribution in [0.2, 0.25) is 5.02 Å². The maximum absolute atomic E-state index is 13.4. The van der Waals surface area contributed by atoms with Crippen molar-refractivity contribution in [3.63, 3.8) is 0 Å². The standard InChI is InChI=1S/C22H21ClF6N4O5/c23-14-3-1-2-4-16(14)38-13-7-19(36)33(10-13)15(8-17(21(24,25)26)22(27,28)29)20(37)30-18-5-6-32(31-18)9-12(35)11-34/h1-7,12,15,17,34-35H,8-11H2,(H,30,31,37)/t12-,15?/m1/s1. The highest BCUT2D eigenvalue weighted by atomic mass is 35.5. The van der Waals surface area contributed by atoms with Gasteiger partial charge in [0.25, 0.3) is 5.91 Å². The molecule has 0 spiro atoms. The normalized spacial score (nSPS) is 16.0. The SMILES string of the molecule is O=C(Nc1ccn(C[C@@H](O)CO)n1)C(CC(C(F)(F)F)C(F)(F)F)N1CC(Oc2ccccc2Cl)=CC1=O. The Balaban J connectivity index is 1.85. The Bertz CT molecular complexity index is 1170. The summed E-state index contributed by atoms with van der Waals surface area (Å²) < 4.78 is 86.7. The number of aliphatic hydroxyl groups excluding tert-OH is 2. The van der Waals surface area contributed by atoms with Gasteiger partial charge in [0.05, 0.1) is 30.8 Å². The van der Waals surface area contributed by atoms with Gasteiger partial charge in [-0.2, -0.15) is 31.4 Å². The molecule has 2 heterocycles. The summed E-state index contributed by atoms with van der Waals surface area (Å²) in [5.41, 5.74) is 0. The van der Waals surface area contributed by atoms with E-state index in [0.717, 1.165) is 10.8 Å². The van der Waals surface area contributed by atoms with E-state index in [-0.39, 0.29) is 28.9 Å². The van der Waals surface area contributed by atoms with Gasteiger partial charge in [0.2, 0.25) is 5.91 Å². The minimum absolute atomic E-state index is 0.0788. The van der Waals surface area contributed by atoms with Gasteiger partial charge >= 0.3 is 12.4 Å². The Hall–Kier alpha value is -3.30. The van der Waals surface area contributed by atoms with Gasteiger partial charge in [0, 0.05) is 18.3 Å². The summed E-state index contributed by atoms with van der Waals surface area (Å²) in [4.78, 5) is 26.1. The largest absolute Gasteiger partial charge is 0.458 e. The Kier molecular flexibility index (Phi) is 8.94. The molecule has 9 nitrogen and oxygen atoms in total. The molecule has 1 aliphatic heterocycles. The van der Waals surface area contributed by atoms with Crippen molar-refractivity contribution >= 4 is 29.2 Å². The highest BCUT2D eigenvalue weighted by Crippen LogP contribution is 2.43. The molecule has 38 heavy (non-hydrogen) atoms. The lowest BCUT2D eigenvalue weighted by atomic mass is 9.96. The van der Waals surface area contributed by atoms with Crippen LogP contribution in [0.1, 0.15) is 6.42 Å². The molecule has 2 atom stereocenters. The third-order valence-corrected chi connectivity index (χ3v) is 5.71. The molecule has 208 valence electrons. The van der Waals surface area contributed by atoms with E-state index >= 15 is 0 Å². The first-order valence-corrected chi connectivity index (χ1v) is 11.3. The second-order valence-corrected chi connectivity index (χ2v) is 8.65. The van der Waals surface area contributed by atoms with E-state index in [9.17, 15) is 41.0 Å². The van der Waals surface area contributed by atoms with E-state index < -0.39 is 61.8 Å². The topological polar surface area (TPSA) is 117 Å². The van der Waals surface area contributed by atoms with Gasteiger partial charge < -0.3 is 25.2 Å². The summed E-state index contributed by atoms with van der Waals surface area (Å²) in [6, 6.07) is 4.94. The van der Waals surface area contributed by atoms with Crippen molar-refractivity contribution in [3.05, 3.63) is 53.4 Å². The Morgan fingerprint density at radius 3 is 2.42 bits per heavy atom. The lowest BCUT2D eigenvalue weighted by Crippen LogP contribution is -2.50. The minimum Gasteiger partial charge on any atom is -0.458 e. The fourth-order valence-corrected chi connectivity index (χ4v) is 3.75. The molecule has 0 radical (unpaired) electrons. The number of nitrogens with one attached hydrogen (secondary N) is 1. The molecular weight excluding hydrogens is 550 g/mol. The first-order chi connectivity index (χ1) is 17.7. The van der Waals surface area contributed by atoms with Crippen molar-refractivity contribution in [2.75, 3.05) is 18.5 Å². The van der Waals surface area contributed by atoms with Gasteiger partial charge in [-0.05, 0) is 18.6 Å². The van der Waals surface area contributed by atoms with E-state index in [4.69, 9.17) is 21.4 Å². The number of alkyl halides is 6. The smallest absolute Gasteiger partial charge is 0.400 e. The fraction of sp³-hybridized carbons (Fsp3) is 0.409. The Labute approximate surface area is 216 Å². The van der Waals surface area contributed by atoms with Crippen molar-refractivity contribution < 1.29 is 50.9 Å². The van der Waals surface area contributed by atoms with Crippen molar-refractivity contribution in [1.82, 2.24) is 14.7 Å². The van der Waals surface area contributed by atoms with Gasteiger partial charge in [0.15, 0.2) is 11.7 Å². The van der Waals surface area contributed by atoms with E-state index in [2.05, 4.69) is 10.4 Å². The number of ether oxygens (including phenoxy) is 1. The van der Waals surface area contributed by atoms with E-state index in [1.807, 2.05) is 0 Å². The number of carbonyl (C=O) groups excluding carboxylic acids is 2. The van der Waals surface area contributed by atoms with Gasteiger partial charge in [-0.15, -0.1) is 0 Å². The van der Waals surface area contributed by atoms with Gasteiger partial charge in [0.1, 0.15) is 17.6 Å². The summed E-state index contributed by atoms with van der Waals surface area (Å²) in [6.45, 7) is -1.43.